The van der Waals surface area contributed by atoms with Crippen LogP contribution in [0.1, 0.15) is 16.1 Å². The lowest BCUT2D eigenvalue weighted by molar-refractivity contribution is -0.402. The Labute approximate surface area is 141 Å². The van der Waals surface area contributed by atoms with E-state index in [1.54, 1.807) is 19.1 Å². The van der Waals surface area contributed by atoms with E-state index in [9.17, 15) is 24.1 Å². The lowest BCUT2D eigenvalue weighted by atomic mass is 9.98. The molecule has 130 valence electrons. The molecule has 8 nitrogen and oxygen atoms in total. The van der Waals surface area contributed by atoms with Gasteiger partial charge < -0.3 is 14.6 Å². The molecular formula is C16H14FN3O5. The highest BCUT2D eigenvalue weighted by molar-refractivity contribution is 5.97. The zero-order valence-electron chi connectivity index (χ0n) is 13.2. The number of furan rings is 1. The van der Waals surface area contributed by atoms with Crippen molar-refractivity contribution in [3.05, 3.63) is 57.6 Å². The Morgan fingerprint density at radius 3 is 2.64 bits per heavy atom. The van der Waals surface area contributed by atoms with Crippen molar-refractivity contribution < 1.29 is 23.3 Å². The maximum atomic E-state index is 13.5. The van der Waals surface area contributed by atoms with Crippen LogP contribution < -0.4 is 5.32 Å². The number of nitro groups is 1. The summed E-state index contributed by atoms with van der Waals surface area (Å²) < 4.78 is 18.3. The van der Waals surface area contributed by atoms with Gasteiger partial charge in [-0.15, -0.1) is 0 Å². The van der Waals surface area contributed by atoms with Gasteiger partial charge in [0.25, 0.3) is 5.91 Å². The van der Waals surface area contributed by atoms with Gasteiger partial charge in [-0.2, -0.15) is 0 Å². The summed E-state index contributed by atoms with van der Waals surface area (Å²) in [5.74, 6) is -2.34. The minimum absolute atomic E-state index is 0.147. The fraction of sp³-hybridized carbons (Fsp3) is 0.250. The average Bonchev–Trinajstić information content (AvgIpc) is 2.99. The van der Waals surface area contributed by atoms with Crippen molar-refractivity contribution in [3.63, 3.8) is 0 Å². The summed E-state index contributed by atoms with van der Waals surface area (Å²) in [6.07, 6.45) is 0. The van der Waals surface area contributed by atoms with Crippen LogP contribution in [-0.2, 0) is 4.79 Å². The standard InChI is InChI=1S/C16H14FN3O5/c1-9-2-3-11(6-12(9)17)18-15(21)10-7-19(8-10)16(22)13-4-5-14(25-13)20(23)24/h2-6,10H,7-8H2,1H3,(H,18,21). The number of hydrogen-bond acceptors (Lipinski definition) is 5. The first-order valence-electron chi connectivity index (χ1n) is 7.45. The maximum absolute atomic E-state index is 13.5. The number of aryl methyl sites for hydroxylation is 1. The third kappa shape index (κ3) is 3.35. The van der Waals surface area contributed by atoms with Crippen LogP contribution >= 0.6 is 0 Å². The summed E-state index contributed by atoms with van der Waals surface area (Å²) in [6.45, 7) is 1.94. The van der Waals surface area contributed by atoms with Gasteiger partial charge >= 0.3 is 5.88 Å². The van der Waals surface area contributed by atoms with E-state index in [0.29, 0.717) is 11.3 Å². The molecule has 0 aliphatic carbocycles. The lowest BCUT2D eigenvalue weighted by Crippen LogP contribution is -2.54. The predicted molar refractivity (Wildman–Crippen MR) is 84.5 cm³/mol. The molecule has 0 saturated carbocycles. The maximum Gasteiger partial charge on any atom is 0.433 e. The van der Waals surface area contributed by atoms with Gasteiger partial charge in [0.15, 0.2) is 5.76 Å². The molecule has 0 radical (unpaired) electrons. The van der Waals surface area contributed by atoms with Crippen LogP contribution in [0.2, 0.25) is 0 Å². The third-order valence-electron chi connectivity index (χ3n) is 3.96. The summed E-state index contributed by atoms with van der Waals surface area (Å²) in [4.78, 5) is 35.4. The summed E-state index contributed by atoms with van der Waals surface area (Å²) in [7, 11) is 0. The Hall–Kier alpha value is -3.23. The van der Waals surface area contributed by atoms with E-state index in [1.165, 1.54) is 17.0 Å². The van der Waals surface area contributed by atoms with Gasteiger partial charge in [-0.25, -0.2) is 4.39 Å². The topological polar surface area (TPSA) is 106 Å². The van der Waals surface area contributed by atoms with Gasteiger partial charge in [0.2, 0.25) is 5.91 Å². The molecule has 1 fully saturated rings. The molecule has 1 aliphatic rings. The van der Waals surface area contributed by atoms with E-state index in [-0.39, 0.29) is 24.8 Å². The van der Waals surface area contributed by atoms with Crippen LogP contribution in [0.5, 0.6) is 0 Å². The Morgan fingerprint density at radius 2 is 2.04 bits per heavy atom. The fourth-order valence-corrected chi connectivity index (χ4v) is 2.42. The third-order valence-corrected chi connectivity index (χ3v) is 3.96. The highest BCUT2D eigenvalue weighted by Gasteiger charge is 2.37. The van der Waals surface area contributed by atoms with Gasteiger partial charge in [0, 0.05) is 18.8 Å². The first kappa shape index (κ1) is 16.6. The number of nitrogens with one attached hydrogen (secondary N) is 1. The van der Waals surface area contributed by atoms with E-state index in [1.807, 2.05) is 0 Å². The smallest absolute Gasteiger partial charge is 0.395 e. The molecule has 1 saturated heterocycles. The molecule has 3 rings (SSSR count). The quantitative estimate of drug-likeness (QED) is 0.675. The Kier molecular flexibility index (Phi) is 4.22. The number of amides is 2. The van der Waals surface area contributed by atoms with Crippen molar-refractivity contribution >= 4 is 23.4 Å². The number of nitrogens with zero attached hydrogens (tertiary/aromatic N) is 2. The fourth-order valence-electron chi connectivity index (χ4n) is 2.42. The monoisotopic (exact) mass is 347 g/mol. The number of rotatable bonds is 4. The minimum atomic E-state index is -0.732. The van der Waals surface area contributed by atoms with E-state index in [0.717, 1.165) is 6.07 Å². The van der Waals surface area contributed by atoms with Crippen LogP contribution in [0.4, 0.5) is 16.0 Å². The van der Waals surface area contributed by atoms with Gasteiger partial charge in [-0.3, -0.25) is 19.7 Å². The first-order chi connectivity index (χ1) is 11.8. The molecule has 0 bridgehead atoms. The SMILES string of the molecule is Cc1ccc(NC(=O)C2CN(C(=O)c3ccc([N+](=O)[O-])o3)C2)cc1F. The number of halogens is 1. The number of carbonyl (C=O) groups is 2. The largest absolute Gasteiger partial charge is 0.433 e. The second-order valence-electron chi connectivity index (χ2n) is 5.76. The summed E-state index contributed by atoms with van der Waals surface area (Å²) >= 11 is 0. The zero-order chi connectivity index (χ0) is 18.1. The van der Waals surface area contributed by atoms with Crippen molar-refractivity contribution in [2.45, 2.75) is 6.92 Å². The summed E-state index contributed by atoms with van der Waals surface area (Å²) in [6, 6.07) is 6.72. The summed E-state index contributed by atoms with van der Waals surface area (Å²) in [5, 5.41) is 13.2. The van der Waals surface area contributed by atoms with Gasteiger partial charge in [-0.05, 0) is 30.7 Å². The molecule has 0 atom stereocenters. The van der Waals surface area contributed by atoms with E-state index in [4.69, 9.17) is 4.42 Å². The molecule has 1 aromatic carbocycles. The second-order valence-corrected chi connectivity index (χ2v) is 5.76. The van der Waals surface area contributed by atoms with E-state index in [2.05, 4.69) is 5.32 Å². The normalized spacial score (nSPS) is 14.1. The first-order valence-corrected chi connectivity index (χ1v) is 7.45. The molecule has 1 N–H and O–H groups in total. The van der Waals surface area contributed by atoms with Crippen LogP contribution in [0.15, 0.2) is 34.7 Å². The highest BCUT2D eigenvalue weighted by Crippen LogP contribution is 2.24. The Bertz CT molecular complexity index is 857. The number of anilines is 1. The minimum Gasteiger partial charge on any atom is -0.395 e. The molecule has 0 unspecified atom stereocenters. The van der Waals surface area contributed by atoms with Crippen molar-refractivity contribution in [1.82, 2.24) is 4.90 Å². The van der Waals surface area contributed by atoms with Crippen LogP contribution in [-0.4, -0.2) is 34.7 Å². The lowest BCUT2D eigenvalue weighted by Gasteiger charge is -2.37. The van der Waals surface area contributed by atoms with Crippen molar-refractivity contribution in [2.75, 3.05) is 18.4 Å². The van der Waals surface area contributed by atoms with Gasteiger partial charge in [0.05, 0.1) is 12.0 Å². The summed E-state index contributed by atoms with van der Waals surface area (Å²) in [5.41, 5.74) is 0.825. The van der Waals surface area contributed by atoms with E-state index < -0.39 is 28.4 Å². The molecule has 2 aromatic rings. The Morgan fingerprint density at radius 1 is 1.32 bits per heavy atom. The molecule has 1 aromatic heterocycles. The Balaban J connectivity index is 1.55. The van der Waals surface area contributed by atoms with Crippen molar-refractivity contribution in [1.29, 1.82) is 0 Å². The molecule has 25 heavy (non-hydrogen) atoms. The highest BCUT2D eigenvalue weighted by atomic mass is 19.1. The number of benzene rings is 1. The molecule has 1 aliphatic heterocycles. The van der Waals surface area contributed by atoms with Crippen LogP contribution in [0.3, 0.4) is 0 Å². The molecular weight excluding hydrogens is 333 g/mol. The van der Waals surface area contributed by atoms with Gasteiger partial charge in [0.1, 0.15) is 10.7 Å². The zero-order valence-corrected chi connectivity index (χ0v) is 13.2. The predicted octanol–water partition coefficient (Wildman–Crippen LogP) is 2.35. The van der Waals surface area contributed by atoms with Crippen molar-refractivity contribution in [3.8, 4) is 0 Å². The molecule has 2 heterocycles. The van der Waals surface area contributed by atoms with Gasteiger partial charge in [-0.1, -0.05) is 6.07 Å². The average molecular weight is 347 g/mol. The van der Waals surface area contributed by atoms with Crippen molar-refractivity contribution in [2.24, 2.45) is 5.92 Å². The number of likely N-dealkylation sites (tertiary alicyclic amines) is 1. The number of carbonyl (C=O) groups excluding carboxylic acids is 2. The van der Waals surface area contributed by atoms with Crippen LogP contribution in [0.25, 0.3) is 0 Å². The van der Waals surface area contributed by atoms with Crippen LogP contribution in [0, 0.1) is 28.8 Å². The molecule has 2 amide bonds. The second kappa shape index (κ2) is 6.34. The van der Waals surface area contributed by atoms with E-state index >= 15 is 0 Å². The molecule has 0 spiro atoms. The number of hydrogen-bond donors (Lipinski definition) is 1. The molecule has 9 heteroatoms.